The fraction of sp³-hybridized carbons (Fsp3) is 0.353. The monoisotopic (exact) mass is 351 g/mol. The molecule has 21 heavy (non-hydrogen) atoms. The molecule has 0 aliphatic carbocycles. The summed E-state index contributed by atoms with van der Waals surface area (Å²) in [7, 11) is 0. The Morgan fingerprint density at radius 3 is 2.52 bits per heavy atom. The highest BCUT2D eigenvalue weighted by atomic mass is 79.9. The summed E-state index contributed by atoms with van der Waals surface area (Å²) in [4.78, 5) is 14.6. The fourth-order valence-corrected chi connectivity index (χ4v) is 2.81. The number of carbonyl (C=O) groups excluding carboxylic acids is 1. The van der Waals surface area contributed by atoms with Crippen molar-refractivity contribution < 1.29 is 9.18 Å². The molecule has 0 atom stereocenters. The highest BCUT2D eigenvalue weighted by Gasteiger charge is 2.18. The third-order valence-corrected chi connectivity index (χ3v) is 3.88. The number of hydrogen-bond donors (Lipinski definition) is 0. The maximum Gasteiger partial charge on any atom is 0.254 e. The molecular weight excluding hydrogens is 333 g/mol. The number of unbranched alkanes of at least 4 members (excludes halogenated alkanes) is 1. The second-order valence-corrected chi connectivity index (χ2v) is 5.77. The van der Waals surface area contributed by atoms with Crippen LogP contribution in [0.2, 0.25) is 0 Å². The molecule has 0 bridgehead atoms. The van der Waals surface area contributed by atoms with Gasteiger partial charge < -0.3 is 4.90 Å². The average molecular weight is 352 g/mol. The predicted molar refractivity (Wildman–Crippen MR) is 88.5 cm³/mol. The number of benzene rings is 2. The molecule has 4 heteroatoms. The Morgan fingerprint density at radius 2 is 1.86 bits per heavy atom. The molecule has 0 aromatic heterocycles. The Labute approximate surface area is 133 Å². The van der Waals surface area contributed by atoms with Gasteiger partial charge in [0.2, 0.25) is 0 Å². The van der Waals surface area contributed by atoms with Crippen molar-refractivity contribution in [1.82, 2.24) is 4.90 Å². The molecule has 0 aliphatic rings. The van der Waals surface area contributed by atoms with Crippen LogP contribution in [0, 0.1) is 5.82 Å². The van der Waals surface area contributed by atoms with Gasteiger partial charge in [0.1, 0.15) is 5.82 Å². The van der Waals surface area contributed by atoms with Crippen LogP contribution in [0.1, 0.15) is 30.1 Å². The summed E-state index contributed by atoms with van der Waals surface area (Å²) in [6.07, 6.45) is 2.01. The van der Waals surface area contributed by atoms with E-state index < -0.39 is 0 Å². The molecule has 2 aromatic rings. The maximum atomic E-state index is 13.8. The van der Waals surface area contributed by atoms with Gasteiger partial charge >= 0.3 is 0 Å². The summed E-state index contributed by atoms with van der Waals surface area (Å²) < 4.78 is 13.8. The van der Waals surface area contributed by atoms with Gasteiger partial charge in [-0.2, -0.15) is 0 Å². The molecule has 0 fully saturated rings. The average Bonchev–Trinajstić information content (AvgIpc) is 2.51. The quantitative estimate of drug-likeness (QED) is 0.695. The van der Waals surface area contributed by atoms with Gasteiger partial charge in [-0.05, 0) is 23.9 Å². The first kappa shape index (κ1) is 16.0. The molecular formula is C17H19BrFNO. The second-order valence-electron chi connectivity index (χ2n) is 4.98. The first-order chi connectivity index (χ1) is 10.2. The zero-order valence-corrected chi connectivity index (χ0v) is 13.7. The summed E-state index contributed by atoms with van der Waals surface area (Å²) in [5, 5.41) is 1.91. The number of fused-ring (bicyclic) bond motifs is 1. The van der Waals surface area contributed by atoms with E-state index in [4.69, 9.17) is 0 Å². The van der Waals surface area contributed by atoms with Crippen LogP contribution in [0.5, 0.6) is 0 Å². The maximum absolute atomic E-state index is 13.8. The number of hydrogen-bond acceptors (Lipinski definition) is 1. The number of alkyl halides is 1. The van der Waals surface area contributed by atoms with Gasteiger partial charge in [-0.3, -0.25) is 4.79 Å². The molecule has 0 spiro atoms. The molecule has 0 radical (unpaired) electrons. The van der Waals surface area contributed by atoms with Crippen LogP contribution >= 0.6 is 15.9 Å². The third-order valence-electron chi connectivity index (χ3n) is 3.52. The molecule has 2 nitrogen and oxygen atoms in total. The first-order valence-electron chi connectivity index (χ1n) is 7.21. The van der Waals surface area contributed by atoms with E-state index in [1.54, 1.807) is 24.3 Å². The molecule has 1 amide bonds. The summed E-state index contributed by atoms with van der Waals surface area (Å²) in [6, 6.07) is 10.1. The van der Waals surface area contributed by atoms with E-state index in [9.17, 15) is 9.18 Å². The lowest BCUT2D eigenvalue weighted by atomic mass is 10.0. The van der Waals surface area contributed by atoms with E-state index in [0.29, 0.717) is 22.9 Å². The van der Waals surface area contributed by atoms with Gasteiger partial charge in [-0.25, -0.2) is 4.39 Å². The first-order valence-corrected chi connectivity index (χ1v) is 8.33. The van der Waals surface area contributed by atoms with Crippen molar-refractivity contribution in [3.63, 3.8) is 0 Å². The number of nitrogens with zero attached hydrogens (tertiary/aromatic N) is 1. The topological polar surface area (TPSA) is 20.3 Å². The van der Waals surface area contributed by atoms with Gasteiger partial charge in [-0.15, -0.1) is 0 Å². The minimum Gasteiger partial charge on any atom is -0.338 e. The third kappa shape index (κ3) is 3.62. The van der Waals surface area contributed by atoms with Crippen molar-refractivity contribution in [2.24, 2.45) is 0 Å². The standard InChI is InChI=1S/C17H19BrFNO/c1-2-3-11-20(12-10-18)17(21)15-8-9-16(19)14-7-5-4-6-13(14)15/h4-9H,2-3,10-12H2,1H3. The zero-order chi connectivity index (χ0) is 15.2. The number of carbonyl (C=O) groups is 1. The van der Waals surface area contributed by atoms with Crippen molar-refractivity contribution in [2.75, 3.05) is 18.4 Å². The molecule has 2 rings (SSSR count). The number of rotatable bonds is 6. The van der Waals surface area contributed by atoms with Crippen LogP contribution < -0.4 is 0 Å². The van der Waals surface area contributed by atoms with E-state index >= 15 is 0 Å². The minimum atomic E-state index is -0.289. The molecule has 0 heterocycles. The van der Waals surface area contributed by atoms with E-state index in [0.717, 1.165) is 24.7 Å². The fourth-order valence-electron chi connectivity index (χ4n) is 2.39. The van der Waals surface area contributed by atoms with Gasteiger partial charge in [0, 0.05) is 29.4 Å². The molecule has 0 N–H and O–H groups in total. The van der Waals surface area contributed by atoms with Gasteiger partial charge in [0.25, 0.3) is 5.91 Å². The molecule has 0 saturated carbocycles. The van der Waals surface area contributed by atoms with E-state index in [-0.39, 0.29) is 11.7 Å². The Bertz CT molecular complexity index is 629. The van der Waals surface area contributed by atoms with Crippen LogP contribution in [-0.4, -0.2) is 29.2 Å². The van der Waals surface area contributed by atoms with Crippen molar-refractivity contribution in [3.05, 3.63) is 47.8 Å². The molecule has 2 aromatic carbocycles. The largest absolute Gasteiger partial charge is 0.338 e. The highest BCUT2D eigenvalue weighted by molar-refractivity contribution is 9.09. The van der Waals surface area contributed by atoms with Crippen molar-refractivity contribution in [3.8, 4) is 0 Å². The molecule has 112 valence electrons. The minimum absolute atomic E-state index is 0.0286. The smallest absolute Gasteiger partial charge is 0.254 e. The van der Waals surface area contributed by atoms with Crippen molar-refractivity contribution in [2.45, 2.75) is 19.8 Å². The normalized spacial score (nSPS) is 10.8. The van der Waals surface area contributed by atoms with Crippen LogP contribution in [0.25, 0.3) is 10.8 Å². The second kappa shape index (κ2) is 7.55. The van der Waals surface area contributed by atoms with Gasteiger partial charge in [0.15, 0.2) is 0 Å². The van der Waals surface area contributed by atoms with Crippen LogP contribution in [-0.2, 0) is 0 Å². The summed E-state index contributed by atoms with van der Waals surface area (Å²) >= 11 is 3.39. The predicted octanol–water partition coefficient (Wildman–Crippen LogP) is 4.62. The Balaban J connectivity index is 2.39. The van der Waals surface area contributed by atoms with Crippen molar-refractivity contribution >= 4 is 32.6 Å². The van der Waals surface area contributed by atoms with E-state index in [1.165, 1.54) is 6.07 Å². The van der Waals surface area contributed by atoms with Crippen LogP contribution in [0.4, 0.5) is 4.39 Å². The molecule has 0 saturated heterocycles. The van der Waals surface area contributed by atoms with Crippen molar-refractivity contribution in [1.29, 1.82) is 0 Å². The van der Waals surface area contributed by atoms with Gasteiger partial charge in [-0.1, -0.05) is 53.5 Å². The van der Waals surface area contributed by atoms with E-state index in [2.05, 4.69) is 22.9 Å². The zero-order valence-electron chi connectivity index (χ0n) is 12.1. The van der Waals surface area contributed by atoms with E-state index in [1.807, 2.05) is 11.0 Å². The lowest BCUT2D eigenvalue weighted by molar-refractivity contribution is 0.0766. The molecule has 0 unspecified atom stereocenters. The summed E-state index contributed by atoms with van der Waals surface area (Å²) in [5.41, 5.74) is 0.573. The Kier molecular flexibility index (Phi) is 5.74. The molecule has 0 aliphatic heterocycles. The lowest BCUT2D eigenvalue weighted by Crippen LogP contribution is -2.33. The lowest BCUT2D eigenvalue weighted by Gasteiger charge is -2.22. The summed E-state index contributed by atoms with van der Waals surface area (Å²) in [5.74, 6) is -0.318. The summed E-state index contributed by atoms with van der Waals surface area (Å²) in [6.45, 7) is 3.49. The van der Waals surface area contributed by atoms with Gasteiger partial charge in [0.05, 0.1) is 0 Å². The van der Waals surface area contributed by atoms with Crippen LogP contribution in [0.15, 0.2) is 36.4 Å². The Hall–Kier alpha value is -1.42. The number of amides is 1. The Morgan fingerprint density at radius 1 is 1.14 bits per heavy atom. The highest BCUT2D eigenvalue weighted by Crippen LogP contribution is 2.23. The number of halogens is 2. The van der Waals surface area contributed by atoms with Crippen LogP contribution in [0.3, 0.4) is 0 Å². The SMILES string of the molecule is CCCCN(CCBr)C(=O)c1ccc(F)c2ccccc12.